The number of carbonyl (C=O) groups excluding carboxylic acids is 1. The summed E-state index contributed by atoms with van der Waals surface area (Å²) in [4.78, 5) is 33.7. The van der Waals surface area contributed by atoms with Gasteiger partial charge in [-0.05, 0) is 12.1 Å². The lowest BCUT2D eigenvalue weighted by molar-refractivity contribution is -0.117. The number of pyridine rings is 1. The fraction of sp³-hybridized carbons (Fsp3) is 0.304. The fourth-order valence-corrected chi connectivity index (χ4v) is 4.18. The number of halogens is 2. The molecule has 184 valence electrons. The molecule has 3 heterocycles. The smallest absolute Gasteiger partial charge is 0.259 e. The van der Waals surface area contributed by atoms with Gasteiger partial charge in [-0.1, -0.05) is 18.2 Å². The Morgan fingerprint density at radius 1 is 1.29 bits per heavy atom. The van der Waals surface area contributed by atoms with E-state index in [2.05, 4.69) is 27.2 Å². The number of benzene rings is 1. The van der Waals surface area contributed by atoms with Gasteiger partial charge in [0.15, 0.2) is 11.6 Å². The van der Waals surface area contributed by atoms with Crippen LogP contribution in [0.2, 0.25) is 5.02 Å². The molecule has 0 aliphatic carbocycles. The molecule has 0 spiro atoms. The number of nitrogens with one attached hydrogen (secondary N) is 2. The van der Waals surface area contributed by atoms with Crippen molar-refractivity contribution in [3.05, 3.63) is 52.2 Å². The maximum atomic E-state index is 15.2. The van der Waals surface area contributed by atoms with Crippen molar-refractivity contribution in [3.8, 4) is 22.6 Å². The maximum absolute atomic E-state index is 15.2. The first kappa shape index (κ1) is 24.4. The lowest BCUT2D eigenvalue weighted by Crippen LogP contribution is -2.45. The summed E-state index contributed by atoms with van der Waals surface area (Å²) in [5.74, 6) is -0.823. The van der Waals surface area contributed by atoms with E-state index < -0.39 is 11.4 Å². The Bertz CT molecular complexity index is 1350. The van der Waals surface area contributed by atoms with Crippen LogP contribution in [0.25, 0.3) is 22.2 Å². The SMILES string of the molecule is C=CC(=O)N[C@H]1COC[C@H]1Nc1ncc2cc(-c3c(F)c(OC)cc(OC)c3Cl)c(=O)n(C)c2n1. The van der Waals surface area contributed by atoms with Gasteiger partial charge in [-0.2, -0.15) is 4.98 Å². The third-order valence-corrected chi connectivity index (χ3v) is 6.07. The van der Waals surface area contributed by atoms with E-state index in [0.29, 0.717) is 24.2 Å². The summed E-state index contributed by atoms with van der Waals surface area (Å²) in [6.45, 7) is 4.10. The number of methoxy groups -OCH3 is 2. The van der Waals surface area contributed by atoms with E-state index in [1.54, 1.807) is 0 Å². The zero-order chi connectivity index (χ0) is 25.3. The second-order valence-corrected chi connectivity index (χ2v) is 8.16. The molecule has 1 aliphatic heterocycles. The Labute approximate surface area is 204 Å². The molecule has 2 N–H and O–H groups in total. The molecular weight excluding hydrogens is 481 g/mol. The first-order valence-electron chi connectivity index (χ1n) is 10.5. The second-order valence-electron chi connectivity index (χ2n) is 7.79. The second kappa shape index (κ2) is 9.88. The summed E-state index contributed by atoms with van der Waals surface area (Å²) in [6.07, 6.45) is 2.69. The van der Waals surface area contributed by atoms with Crippen LogP contribution < -0.4 is 25.7 Å². The van der Waals surface area contributed by atoms with Crippen molar-refractivity contribution in [2.24, 2.45) is 7.05 Å². The van der Waals surface area contributed by atoms with Crippen LogP contribution in [-0.2, 0) is 16.6 Å². The van der Waals surface area contributed by atoms with E-state index in [9.17, 15) is 9.59 Å². The number of nitrogens with zero attached hydrogens (tertiary/aromatic N) is 3. The molecule has 3 aromatic rings. The quantitative estimate of drug-likeness (QED) is 0.472. The highest BCUT2D eigenvalue weighted by Crippen LogP contribution is 2.41. The van der Waals surface area contributed by atoms with Crippen molar-refractivity contribution < 1.29 is 23.4 Å². The van der Waals surface area contributed by atoms with Crippen LogP contribution in [0.5, 0.6) is 11.5 Å². The molecule has 1 aliphatic rings. The molecule has 1 aromatic carbocycles. The number of aryl methyl sites for hydroxylation is 1. The van der Waals surface area contributed by atoms with E-state index in [1.807, 2.05) is 0 Å². The number of fused-ring (bicyclic) bond motifs is 1. The normalized spacial score (nSPS) is 17.3. The van der Waals surface area contributed by atoms with Gasteiger partial charge in [0, 0.05) is 30.3 Å². The van der Waals surface area contributed by atoms with Gasteiger partial charge < -0.3 is 24.8 Å². The number of hydrogen-bond donors (Lipinski definition) is 2. The molecule has 0 bridgehead atoms. The van der Waals surface area contributed by atoms with Crippen LogP contribution in [-0.4, -0.2) is 60.0 Å². The standard InChI is InChI=1S/C23H23ClFN5O5/c1-5-17(31)27-13-9-35-10-14(13)28-23-26-8-11-6-12(22(32)30(2)21(11)29-23)18-19(24)15(33-3)7-16(34-4)20(18)25/h5-8,13-14H,1,9-10H2,2-4H3,(H,27,31)(H,26,28,29)/t13-,14+/m0/s1. The Balaban J connectivity index is 1.75. The number of carbonyl (C=O) groups is 1. The Morgan fingerprint density at radius 3 is 2.69 bits per heavy atom. The van der Waals surface area contributed by atoms with Crippen molar-refractivity contribution >= 4 is 34.5 Å². The molecule has 0 radical (unpaired) electrons. The average molecular weight is 504 g/mol. The van der Waals surface area contributed by atoms with Gasteiger partial charge in [0.25, 0.3) is 5.56 Å². The minimum Gasteiger partial charge on any atom is -0.495 e. The largest absolute Gasteiger partial charge is 0.495 e. The summed E-state index contributed by atoms with van der Waals surface area (Å²) in [7, 11) is 4.20. The zero-order valence-corrected chi connectivity index (χ0v) is 20.0. The summed E-state index contributed by atoms with van der Waals surface area (Å²) in [5.41, 5.74) is -0.358. The van der Waals surface area contributed by atoms with Crippen LogP contribution in [0.4, 0.5) is 10.3 Å². The third-order valence-electron chi connectivity index (χ3n) is 5.70. The number of anilines is 1. The summed E-state index contributed by atoms with van der Waals surface area (Å²) in [5, 5.41) is 6.33. The fourth-order valence-electron chi connectivity index (χ4n) is 3.86. The third kappa shape index (κ3) is 4.52. The van der Waals surface area contributed by atoms with Crippen LogP contribution in [0.15, 0.2) is 35.8 Å². The molecule has 35 heavy (non-hydrogen) atoms. The molecule has 12 heteroatoms. The molecule has 1 amide bonds. The van der Waals surface area contributed by atoms with E-state index >= 15 is 4.39 Å². The molecule has 0 unspecified atom stereocenters. The van der Waals surface area contributed by atoms with Crippen LogP contribution >= 0.6 is 11.6 Å². The number of aromatic nitrogens is 3. The molecule has 1 fully saturated rings. The topological polar surface area (TPSA) is 117 Å². The van der Waals surface area contributed by atoms with Gasteiger partial charge >= 0.3 is 0 Å². The summed E-state index contributed by atoms with van der Waals surface area (Å²) in [6, 6.07) is 2.19. The Kier molecular flexibility index (Phi) is 6.90. The van der Waals surface area contributed by atoms with Gasteiger partial charge in [-0.3, -0.25) is 14.2 Å². The Morgan fingerprint density at radius 2 is 2.00 bits per heavy atom. The minimum atomic E-state index is -0.789. The number of ether oxygens (including phenoxy) is 3. The van der Waals surface area contributed by atoms with Crippen molar-refractivity contribution in [3.63, 3.8) is 0 Å². The Hall–Kier alpha value is -3.70. The molecule has 2 atom stereocenters. The highest BCUT2D eigenvalue weighted by molar-refractivity contribution is 6.35. The van der Waals surface area contributed by atoms with E-state index in [1.165, 1.54) is 50.2 Å². The predicted octanol–water partition coefficient (Wildman–Crippen LogP) is 2.29. The van der Waals surface area contributed by atoms with E-state index in [-0.39, 0.29) is 51.6 Å². The van der Waals surface area contributed by atoms with Gasteiger partial charge in [-0.25, -0.2) is 9.37 Å². The lowest BCUT2D eigenvalue weighted by atomic mass is 10.0. The summed E-state index contributed by atoms with van der Waals surface area (Å²) < 4.78 is 32.2. The minimum absolute atomic E-state index is 0.000374. The first-order valence-corrected chi connectivity index (χ1v) is 10.9. The average Bonchev–Trinajstić information content (AvgIpc) is 3.28. The van der Waals surface area contributed by atoms with Gasteiger partial charge in [-0.15, -0.1) is 0 Å². The molecular formula is C23H23ClFN5O5. The first-order chi connectivity index (χ1) is 16.8. The summed E-state index contributed by atoms with van der Waals surface area (Å²) >= 11 is 6.38. The van der Waals surface area contributed by atoms with E-state index in [4.69, 9.17) is 25.8 Å². The lowest BCUT2D eigenvalue weighted by Gasteiger charge is -2.20. The molecule has 1 saturated heterocycles. The van der Waals surface area contributed by atoms with Gasteiger partial charge in [0.1, 0.15) is 11.4 Å². The van der Waals surface area contributed by atoms with Crippen molar-refractivity contribution in [2.45, 2.75) is 12.1 Å². The van der Waals surface area contributed by atoms with Crippen LogP contribution in [0, 0.1) is 5.82 Å². The number of amides is 1. The van der Waals surface area contributed by atoms with E-state index in [0.717, 1.165) is 0 Å². The maximum Gasteiger partial charge on any atom is 0.259 e. The van der Waals surface area contributed by atoms with Gasteiger partial charge in [0.05, 0.1) is 50.1 Å². The molecule has 0 saturated carbocycles. The zero-order valence-electron chi connectivity index (χ0n) is 19.2. The highest BCUT2D eigenvalue weighted by atomic mass is 35.5. The monoisotopic (exact) mass is 503 g/mol. The number of hydrogen-bond acceptors (Lipinski definition) is 8. The molecule has 2 aromatic heterocycles. The molecule has 10 nitrogen and oxygen atoms in total. The predicted molar refractivity (Wildman–Crippen MR) is 129 cm³/mol. The molecule has 4 rings (SSSR count). The van der Waals surface area contributed by atoms with Crippen LogP contribution in [0.3, 0.4) is 0 Å². The van der Waals surface area contributed by atoms with Gasteiger partial charge in [0.2, 0.25) is 11.9 Å². The van der Waals surface area contributed by atoms with Crippen molar-refractivity contribution in [2.75, 3.05) is 32.8 Å². The highest BCUT2D eigenvalue weighted by Gasteiger charge is 2.30. The number of rotatable bonds is 7. The van der Waals surface area contributed by atoms with Crippen molar-refractivity contribution in [1.29, 1.82) is 0 Å². The van der Waals surface area contributed by atoms with Crippen molar-refractivity contribution in [1.82, 2.24) is 19.9 Å². The van der Waals surface area contributed by atoms with Crippen LogP contribution in [0.1, 0.15) is 0 Å².